The van der Waals surface area contributed by atoms with Gasteiger partial charge < -0.3 is 10.2 Å². The van der Waals surface area contributed by atoms with Crippen molar-refractivity contribution in [3.63, 3.8) is 0 Å². The summed E-state index contributed by atoms with van der Waals surface area (Å²) < 4.78 is 41.6. The number of aromatic nitrogens is 4. The second kappa shape index (κ2) is 7.51. The second-order valence-corrected chi connectivity index (χ2v) is 8.05. The minimum Gasteiger partial charge on any atom is -0.366 e. The Morgan fingerprint density at radius 1 is 1.23 bits per heavy atom. The van der Waals surface area contributed by atoms with Gasteiger partial charge in [0.1, 0.15) is 11.6 Å². The third-order valence-corrected chi connectivity index (χ3v) is 5.64. The second-order valence-electron chi connectivity index (χ2n) is 8.05. The zero-order valence-corrected chi connectivity index (χ0v) is 17.7. The van der Waals surface area contributed by atoms with Crippen LogP contribution in [0.5, 0.6) is 0 Å². The molecule has 10 heteroatoms. The number of hydrogen-bond acceptors (Lipinski definition) is 5. The molecule has 3 aromatic rings. The van der Waals surface area contributed by atoms with Gasteiger partial charge in [0, 0.05) is 24.9 Å². The van der Waals surface area contributed by atoms with Crippen molar-refractivity contribution >= 4 is 17.5 Å². The molecule has 0 atom stereocenters. The Labute approximate surface area is 177 Å². The molecular formula is C21H23F3N6O. The van der Waals surface area contributed by atoms with E-state index in [1.165, 1.54) is 19.9 Å². The highest BCUT2D eigenvalue weighted by atomic mass is 19.4. The molecule has 0 unspecified atom stereocenters. The number of nitrogens with zero attached hydrogens (tertiary/aromatic N) is 5. The molecule has 1 aliphatic rings. The minimum absolute atomic E-state index is 0.0665. The number of alkyl halides is 3. The van der Waals surface area contributed by atoms with Gasteiger partial charge in [0.25, 0.3) is 5.78 Å². The molecular weight excluding hydrogens is 409 g/mol. The number of halogens is 3. The third-order valence-electron chi connectivity index (χ3n) is 5.64. The summed E-state index contributed by atoms with van der Waals surface area (Å²) in [4.78, 5) is 18.3. The Hall–Kier alpha value is -3.17. The van der Waals surface area contributed by atoms with Crippen molar-refractivity contribution in [2.24, 2.45) is 0 Å². The van der Waals surface area contributed by atoms with Crippen molar-refractivity contribution < 1.29 is 18.0 Å². The summed E-state index contributed by atoms with van der Waals surface area (Å²) in [6.07, 6.45) is -4.41. The summed E-state index contributed by atoms with van der Waals surface area (Å²) in [6, 6.07) is 4.14. The first-order valence-electron chi connectivity index (χ1n) is 9.99. The van der Waals surface area contributed by atoms with E-state index < -0.39 is 11.7 Å². The van der Waals surface area contributed by atoms with E-state index in [-0.39, 0.29) is 23.9 Å². The topological polar surface area (TPSA) is 75.4 Å². The lowest BCUT2D eigenvalue weighted by atomic mass is 10.0. The molecule has 0 fully saturated rings. The van der Waals surface area contributed by atoms with E-state index in [1.54, 1.807) is 11.0 Å². The van der Waals surface area contributed by atoms with E-state index in [9.17, 15) is 18.0 Å². The highest BCUT2D eigenvalue weighted by Gasteiger charge is 2.33. The lowest BCUT2D eigenvalue weighted by molar-refractivity contribution is -0.138. The lowest BCUT2D eigenvalue weighted by Gasteiger charge is -2.16. The van der Waals surface area contributed by atoms with Gasteiger partial charge in [-0.1, -0.05) is 26.0 Å². The zero-order chi connectivity index (χ0) is 22.5. The van der Waals surface area contributed by atoms with Crippen LogP contribution in [0.4, 0.5) is 19.0 Å². The van der Waals surface area contributed by atoms with Crippen molar-refractivity contribution in [1.82, 2.24) is 24.5 Å². The predicted octanol–water partition coefficient (Wildman–Crippen LogP) is 4.05. The first-order valence-corrected chi connectivity index (χ1v) is 9.99. The standard InChI is InChI=1S/C21H23F3N6O/c1-11(2)19-27-28-20-26-18(15-9-29(13(4)31)10-17(15)30(19)20)25-8-14-6-5-7-16(12(14)3)21(22,23)24/h5-7,11H,8-10H2,1-4H3,(H,25,26,28). The number of amides is 1. The zero-order valence-electron chi connectivity index (χ0n) is 17.7. The van der Waals surface area contributed by atoms with E-state index in [4.69, 9.17) is 0 Å². The number of nitrogens with one attached hydrogen (secondary N) is 1. The number of hydrogen-bond donors (Lipinski definition) is 1. The quantitative estimate of drug-likeness (QED) is 0.673. The molecule has 4 rings (SSSR count). The van der Waals surface area contributed by atoms with Gasteiger partial charge in [0.2, 0.25) is 5.91 Å². The van der Waals surface area contributed by atoms with E-state index in [0.29, 0.717) is 30.2 Å². The Morgan fingerprint density at radius 3 is 2.61 bits per heavy atom. The largest absolute Gasteiger partial charge is 0.416 e. The van der Waals surface area contributed by atoms with Gasteiger partial charge in [-0.15, -0.1) is 10.2 Å². The molecule has 1 aromatic carbocycles. The summed E-state index contributed by atoms with van der Waals surface area (Å²) in [5.41, 5.74) is 1.75. The average molecular weight is 432 g/mol. The van der Waals surface area contributed by atoms with Crippen molar-refractivity contribution in [2.45, 2.75) is 59.4 Å². The molecule has 0 saturated carbocycles. The van der Waals surface area contributed by atoms with Crippen LogP contribution in [0.1, 0.15) is 60.5 Å². The van der Waals surface area contributed by atoms with Crippen LogP contribution in [0.25, 0.3) is 5.78 Å². The molecule has 1 aliphatic heterocycles. The summed E-state index contributed by atoms with van der Waals surface area (Å²) in [5, 5.41) is 11.6. The van der Waals surface area contributed by atoms with E-state index >= 15 is 0 Å². The van der Waals surface area contributed by atoms with Crippen LogP contribution in [0.15, 0.2) is 18.2 Å². The maximum absolute atomic E-state index is 13.2. The highest BCUT2D eigenvalue weighted by Crippen LogP contribution is 2.34. The fraction of sp³-hybridized carbons (Fsp3) is 0.429. The molecule has 1 amide bonds. The van der Waals surface area contributed by atoms with E-state index in [2.05, 4.69) is 20.5 Å². The van der Waals surface area contributed by atoms with Crippen LogP contribution in [-0.4, -0.2) is 30.4 Å². The van der Waals surface area contributed by atoms with E-state index in [0.717, 1.165) is 23.1 Å². The van der Waals surface area contributed by atoms with Gasteiger partial charge in [0.05, 0.1) is 24.3 Å². The summed E-state index contributed by atoms with van der Waals surface area (Å²) in [7, 11) is 0. The van der Waals surface area contributed by atoms with Crippen molar-refractivity contribution in [3.05, 3.63) is 52.0 Å². The van der Waals surface area contributed by atoms with Crippen molar-refractivity contribution in [1.29, 1.82) is 0 Å². The molecule has 3 heterocycles. The fourth-order valence-corrected chi connectivity index (χ4v) is 3.92. The van der Waals surface area contributed by atoms with Crippen molar-refractivity contribution in [3.8, 4) is 0 Å². The fourth-order valence-electron chi connectivity index (χ4n) is 3.92. The predicted molar refractivity (Wildman–Crippen MR) is 108 cm³/mol. The molecule has 2 aromatic heterocycles. The summed E-state index contributed by atoms with van der Waals surface area (Å²) in [5.74, 6) is 1.70. The molecule has 7 nitrogen and oxygen atoms in total. The maximum atomic E-state index is 13.2. The number of fused-ring (bicyclic) bond motifs is 3. The Bertz CT molecular complexity index is 1170. The molecule has 1 N–H and O–H groups in total. The number of rotatable bonds is 4. The Balaban J connectivity index is 1.73. The number of carbonyl (C=O) groups excluding carboxylic acids is 1. The van der Waals surface area contributed by atoms with Crippen LogP contribution in [0.2, 0.25) is 0 Å². The smallest absolute Gasteiger partial charge is 0.366 e. The van der Waals surface area contributed by atoms with Crippen molar-refractivity contribution in [2.75, 3.05) is 5.32 Å². The normalized spacial score (nSPS) is 13.9. The molecule has 0 radical (unpaired) electrons. The summed E-state index contributed by atoms with van der Waals surface area (Å²) >= 11 is 0. The van der Waals surface area contributed by atoms with Crippen LogP contribution >= 0.6 is 0 Å². The third kappa shape index (κ3) is 3.70. The van der Waals surface area contributed by atoms with Gasteiger partial charge in [-0.25, -0.2) is 0 Å². The molecule has 31 heavy (non-hydrogen) atoms. The number of carbonyl (C=O) groups is 1. The van der Waals surface area contributed by atoms with Gasteiger partial charge in [0.15, 0.2) is 0 Å². The molecule has 164 valence electrons. The maximum Gasteiger partial charge on any atom is 0.416 e. The van der Waals surface area contributed by atoms with Gasteiger partial charge in [-0.2, -0.15) is 18.2 Å². The van der Waals surface area contributed by atoms with E-state index in [1.807, 2.05) is 18.2 Å². The number of anilines is 1. The summed E-state index contributed by atoms with van der Waals surface area (Å²) in [6.45, 7) is 7.91. The van der Waals surface area contributed by atoms with Gasteiger partial charge >= 0.3 is 6.18 Å². The Kier molecular flexibility index (Phi) is 5.10. The molecule has 0 bridgehead atoms. The number of benzene rings is 1. The van der Waals surface area contributed by atoms with Gasteiger partial charge in [-0.3, -0.25) is 9.20 Å². The van der Waals surface area contributed by atoms with Gasteiger partial charge in [-0.05, 0) is 24.1 Å². The minimum atomic E-state index is -4.41. The molecule has 0 saturated heterocycles. The average Bonchev–Trinajstić information content (AvgIpc) is 3.30. The lowest BCUT2D eigenvalue weighted by Crippen LogP contribution is -2.22. The first-order chi connectivity index (χ1) is 14.6. The monoisotopic (exact) mass is 432 g/mol. The van der Waals surface area contributed by atoms with Crippen LogP contribution < -0.4 is 5.32 Å². The van der Waals surface area contributed by atoms with Crippen LogP contribution in [0, 0.1) is 6.92 Å². The van der Waals surface area contributed by atoms with Crippen LogP contribution in [0.3, 0.4) is 0 Å². The van der Waals surface area contributed by atoms with Crippen LogP contribution in [-0.2, 0) is 30.6 Å². The first kappa shape index (κ1) is 21.1. The SMILES string of the molecule is CC(=O)N1Cc2c(NCc3cccc(C(F)(F)F)c3C)nc3nnc(C(C)C)n3c2C1. The highest BCUT2D eigenvalue weighted by molar-refractivity contribution is 5.75. The molecule has 0 aliphatic carbocycles. The Morgan fingerprint density at radius 2 is 1.97 bits per heavy atom. The molecule has 0 spiro atoms.